The van der Waals surface area contributed by atoms with E-state index in [4.69, 9.17) is 19.9 Å². The molecule has 2 aliphatic heterocycles. The molecule has 3 rings (SSSR count). The summed E-state index contributed by atoms with van der Waals surface area (Å²) >= 11 is 0. The van der Waals surface area contributed by atoms with Crippen LogP contribution in [0.2, 0.25) is 0 Å². The average Bonchev–Trinajstić information content (AvgIpc) is 2.84. The van der Waals surface area contributed by atoms with E-state index in [1.165, 1.54) is 16.0 Å². The smallest absolute Gasteiger partial charge is 0.231 e. The topological polar surface area (TPSA) is 58.2 Å². The van der Waals surface area contributed by atoms with Crippen molar-refractivity contribution in [3.63, 3.8) is 0 Å². The van der Waals surface area contributed by atoms with E-state index >= 15 is 0 Å². The molecule has 0 fully saturated rings. The highest BCUT2D eigenvalue weighted by molar-refractivity contribution is 5.61. The molecule has 98 valence electrons. The molecular weight excluding hydrogens is 232 g/mol. The molecule has 0 aliphatic carbocycles. The molecule has 1 aromatic carbocycles. The summed E-state index contributed by atoms with van der Waals surface area (Å²) in [4.78, 5) is 1.42. The van der Waals surface area contributed by atoms with E-state index in [1.807, 2.05) is 0 Å². The Morgan fingerprint density at radius 1 is 1.50 bits per heavy atom. The summed E-state index contributed by atoms with van der Waals surface area (Å²) in [5, 5.41) is 0. The summed E-state index contributed by atoms with van der Waals surface area (Å²) in [6.07, 6.45) is 1.02. The minimum absolute atomic E-state index is 0.262. The second-order valence-electron chi connectivity index (χ2n) is 4.85. The number of methoxy groups -OCH3 is 1. The zero-order chi connectivity index (χ0) is 12.7. The van der Waals surface area contributed by atoms with Crippen molar-refractivity contribution in [3.8, 4) is 17.2 Å². The van der Waals surface area contributed by atoms with Gasteiger partial charge < -0.3 is 24.8 Å². The summed E-state index contributed by atoms with van der Waals surface area (Å²) in [5.74, 6) is 2.32. The number of benzene rings is 1. The van der Waals surface area contributed by atoms with Crippen LogP contribution in [0.5, 0.6) is 17.2 Å². The van der Waals surface area contributed by atoms with Gasteiger partial charge in [0, 0.05) is 13.0 Å². The maximum absolute atomic E-state index is 5.93. The Labute approximate surface area is 106 Å². The number of nitrogens with one attached hydrogen (secondary N) is 1. The van der Waals surface area contributed by atoms with Crippen molar-refractivity contribution in [3.05, 3.63) is 17.2 Å². The zero-order valence-corrected chi connectivity index (χ0v) is 10.8. The molecule has 0 saturated heterocycles. The molecule has 5 nitrogen and oxygen atoms in total. The second kappa shape index (κ2) is 4.33. The monoisotopic (exact) mass is 251 g/mol. The molecule has 1 aromatic rings. The zero-order valence-electron chi connectivity index (χ0n) is 10.8. The van der Waals surface area contributed by atoms with E-state index in [9.17, 15) is 0 Å². The predicted molar refractivity (Wildman–Crippen MR) is 66.4 cm³/mol. The Kier molecular flexibility index (Phi) is 2.80. The summed E-state index contributed by atoms with van der Waals surface area (Å²) in [5.41, 5.74) is 8.39. The van der Waals surface area contributed by atoms with Crippen molar-refractivity contribution in [1.29, 1.82) is 0 Å². The fourth-order valence-electron chi connectivity index (χ4n) is 2.94. The van der Waals surface area contributed by atoms with Gasteiger partial charge in [-0.3, -0.25) is 0 Å². The quantitative estimate of drug-likeness (QED) is 0.743. The fourth-order valence-corrected chi connectivity index (χ4v) is 2.94. The van der Waals surface area contributed by atoms with Crippen molar-refractivity contribution in [2.75, 3.05) is 34.0 Å². The number of ether oxygens (including phenoxy) is 3. The number of nitrogens with two attached hydrogens (primary N) is 1. The maximum atomic E-state index is 5.93. The summed E-state index contributed by atoms with van der Waals surface area (Å²) in [7, 11) is 3.85. The third kappa shape index (κ3) is 1.54. The van der Waals surface area contributed by atoms with Crippen molar-refractivity contribution in [2.24, 2.45) is 5.73 Å². The van der Waals surface area contributed by atoms with Crippen molar-refractivity contribution < 1.29 is 19.1 Å². The van der Waals surface area contributed by atoms with Crippen LogP contribution in [0.25, 0.3) is 0 Å². The van der Waals surface area contributed by atoms with Gasteiger partial charge in [0.25, 0.3) is 0 Å². The number of hydrogen-bond donors (Lipinski definition) is 2. The van der Waals surface area contributed by atoms with E-state index in [2.05, 4.69) is 13.1 Å². The highest BCUT2D eigenvalue weighted by Crippen LogP contribution is 2.47. The van der Waals surface area contributed by atoms with Crippen LogP contribution in [0.15, 0.2) is 6.07 Å². The standard InChI is InChI=1S/C13H18N2O3/c1-15-4-3-8-5-10-12(18-7-17-10)13(16-2)11(8)9(15)6-14/h5,9H,3-4,6-7,14H2,1-2H3/p+1. The molecule has 3 N–H and O–H groups in total. The van der Waals surface area contributed by atoms with E-state index in [1.54, 1.807) is 7.11 Å². The molecule has 0 bridgehead atoms. The molecule has 2 unspecified atom stereocenters. The molecule has 5 heteroatoms. The first-order valence-electron chi connectivity index (χ1n) is 6.28. The number of rotatable bonds is 2. The number of likely N-dealkylation sites (N-methyl/N-ethyl adjacent to an activating group) is 1. The van der Waals surface area contributed by atoms with Crippen LogP contribution in [0.4, 0.5) is 0 Å². The molecule has 18 heavy (non-hydrogen) atoms. The van der Waals surface area contributed by atoms with E-state index in [0.717, 1.165) is 30.2 Å². The van der Waals surface area contributed by atoms with Gasteiger partial charge in [0.2, 0.25) is 12.5 Å². The minimum atomic E-state index is 0.262. The van der Waals surface area contributed by atoms with Gasteiger partial charge in [-0.1, -0.05) is 0 Å². The molecule has 0 saturated carbocycles. The molecular formula is C13H19N2O3+. The van der Waals surface area contributed by atoms with Gasteiger partial charge in [-0.15, -0.1) is 0 Å². The van der Waals surface area contributed by atoms with Crippen LogP contribution in [0, 0.1) is 0 Å². The van der Waals surface area contributed by atoms with Gasteiger partial charge in [-0.2, -0.15) is 0 Å². The summed E-state index contributed by atoms with van der Waals surface area (Å²) in [6.45, 7) is 1.96. The normalized spacial score (nSPS) is 24.8. The SMILES string of the molecule is COc1c2c(cc3c1C(CN)[NH+](C)CC3)OCO2. The van der Waals surface area contributed by atoms with E-state index < -0.39 is 0 Å². The first-order chi connectivity index (χ1) is 8.76. The van der Waals surface area contributed by atoms with Crippen LogP contribution in [-0.2, 0) is 6.42 Å². The minimum Gasteiger partial charge on any atom is -0.492 e. The van der Waals surface area contributed by atoms with Crippen LogP contribution in [-0.4, -0.2) is 34.0 Å². The van der Waals surface area contributed by atoms with Gasteiger partial charge in [0.05, 0.1) is 26.3 Å². The lowest BCUT2D eigenvalue weighted by molar-refractivity contribution is -0.912. The maximum Gasteiger partial charge on any atom is 0.231 e. The Hall–Kier alpha value is -1.46. The van der Waals surface area contributed by atoms with E-state index in [-0.39, 0.29) is 12.8 Å². The second-order valence-corrected chi connectivity index (χ2v) is 4.85. The lowest BCUT2D eigenvalue weighted by Gasteiger charge is -2.32. The first-order valence-corrected chi connectivity index (χ1v) is 6.28. The summed E-state index contributed by atoms with van der Waals surface area (Å²) in [6, 6.07) is 2.34. The highest BCUT2D eigenvalue weighted by atomic mass is 16.7. The third-order valence-electron chi connectivity index (χ3n) is 3.92. The molecule has 2 heterocycles. The average molecular weight is 251 g/mol. The Morgan fingerprint density at radius 3 is 3.06 bits per heavy atom. The van der Waals surface area contributed by atoms with E-state index in [0.29, 0.717) is 6.54 Å². The molecule has 2 atom stereocenters. The van der Waals surface area contributed by atoms with Gasteiger partial charge in [0.15, 0.2) is 11.5 Å². The lowest BCUT2D eigenvalue weighted by atomic mass is 9.91. The number of quaternary nitrogens is 1. The predicted octanol–water partition coefficient (Wildman–Crippen LogP) is -0.505. The van der Waals surface area contributed by atoms with Crippen LogP contribution in [0.1, 0.15) is 17.2 Å². The van der Waals surface area contributed by atoms with Gasteiger partial charge in [0.1, 0.15) is 6.04 Å². The van der Waals surface area contributed by atoms with Crippen molar-refractivity contribution >= 4 is 0 Å². The largest absolute Gasteiger partial charge is 0.492 e. The van der Waals surface area contributed by atoms with Crippen molar-refractivity contribution in [2.45, 2.75) is 12.5 Å². The van der Waals surface area contributed by atoms with Gasteiger partial charge in [-0.25, -0.2) is 0 Å². The molecule has 0 aromatic heterocycles. The Bertz CT molecular complexity index is 476. The molecule has 2 aliphatic rings. The summed E-state index contributed by atoms with van der Waals surface area (Å²) < 4.78 is 16.5. The van der Waals surface area contributed by atoms with Crippen LogP contribution >= 0.6 is 0 Å². The fraction of sp³-hybridized carbons (Fsp3) is 0.538. The highest BCUT2D eigenvalue weighted by Gasteiger charge is 2.35. The Balaban J connectivity index is 2.19. The first kappa shape index (κ1) is 11.6. The molecule has 0 radical (unpaired) electrons. The van der Waals surface area contributed by atoms with Gasteiger partial charge >= 0.3 is 0 Å². The third-order valence-corrected chi connectivity index (χ3v) is 3.92. The number of fused-ring (bicyclic) bond motifs is 2. The van der Waals surface area contributed by atoms with Crippen LogP contribution < -0.4 is 24.8 Å². The van der Waals surface area contributed by atoms with Gasteiger partial charge in [-0.05, 0) is 11.6 Å². The lowest BCUT2D eigenvalue weighted by Crippen LogP contribution is -3.11. The van der Waals surface area contributed by atoms with Crippen molar-refractivity contribution in [1.82, 2.24) is 0 Å². The van der Waals surface area contributed by atoms with Crippen LogP contribution in [0.3, 0.4) is 0 Å². The number of hydrogen-bond acceptors (Lipinski definition) is 4. The molecule has 0 amide bonds. The Morgan fingerprint density at radius 2 is 2.33 bits per heavy atom. The molecule has 0 spiro atoms.